The fourth-order valence-electron chi connectivity index (χ4n) is 7.68. The van der Waals surface area contributed by atoms with Crippen molar-refractivity contribution in [1.82, 2.24) is 0 Å². The molecule has 18 heteroatoms. The van der Waals surface area contributed by atoms with Crippen molar-refractivity contribution in [3.8, 4) is 0 Å². The third-order valence-electron chi connectivity index (χ3n) is 15.9. The Labute approximate surface area is 660 Å². The molecule has 1 aliphatic carbocycles. The molecule has 4 atom stereocenters. The third-order valence-corrected chi connectivity index (χ3v) is 15.9. The van der Waals surface area contributed by atoms with E-state index in [2.05, 4.69) is 163 Å². The van der Waals surface area contributed by atoms with Crippen LogP contribution in [0.4, 0.5) is 0 Å². The molecule has 0 saturated heterocycles. The molecule has 0 aliphatic heterocycles. The zero-order chi connectivity index (χ0) is 86.1. The first kappa shape index (κ1) is 117. The van der Waals surface area contributed by atoms with Crippen LogP contribution in [-0.4, -0.2) is 111 Å². The Hall–Kier alpha value is -7.11. The van der Waals surface area contributed by atoms with E-state index in [4.69, 9.17) is 42.6 Å². The van der Waals surface area contributed by atoms with Gasteiger partial charge in [-0.05, 0) is 189 Å². The number of rotatable bonds is 38. The molecule has 18 nitrogen and oxygen atoms in total. The standard InChI is InChI=1S/C10H16O2.8C10H18O2/c1-8(2)10(11)12-9-6-4-3-5-7-9;1-8(2)9(11)12-7-6-10(3,4)5;1-6-10(4,5)7-12-9(11)8(2)3;1-6-7-10(4,5)12-9(11)8(2)3;1-5-9(4)6-7-12-10(11)8(2)3;1-5-6-9(4)7-12-10(11)8(2)3;1-5-6-7-9(4)12-10(11)8(2)3;1-5-9(6-2)7-12-10(11)8(3)4;1-5-7-9(6-2)12-10(11)8(3)4/h9H,1,3-7H2,2H3;1,6-7H2,2-5H3;2*2,6-7H2,1,3-5H3;3*9H,2,5-7H2,1,3-4H3;2*9H,3,5-7H2,1-2,4H3. The van der Waals surface area contributed by atoms with Gasteiger partial charge in [0.05, 0.1) is 39.1 Å². The summed E-state index contributed by atoms with van der Waals surface area (Å²) in [5.74, 6) is -0.923. The topological polar surface area (TPSA) is 237 Å². The quantitative estimate of drug-likeness (QED) is 0.0317. The van der Waals surface area contributed by atoms with E-state index in [0.717, 1.165) is 116 Å². The lowest BCUT2D eigenvalue weighted by atomic mass is 9.92. The Kier molecular flexibility index (Phi) is 75.9. The van der Waals surface area contributed by atoms with Crippen LogP contribution in [0.5, 0.6) is 0 Å². The van der Waals surface area contributed by atoms with E-state index in [0.29, 0.717) is 101 Å². The molecule has 0 amide bonds. The first-order chi connectivity index (χ1) is 49.8. The lowest BCUT2D eigenvalue weighted by Gasteiger charge is -2.24. The van der Waals surface area contributed by atoms with E-state index in [9.17, 15) is 43.2 Å². The minimum absolute atomic E-state index is 0.0224. The second-order valence-electron chi connectivity index (χ2n) is 30.9. The van der Waals surface area contributed by atoms with E-state index in [1.165, 1.54) is 19.3 Å². The largest absolute Gasteiger partial charge is 0.462 e. The van der Waals surface area contributed by atoms with Crippen molar-refractivity contribution in [2.24, 2.45) is 28.6 Å². The van der Waals surface area contributed by atoms with Gasteiger partial charge in [-0.25, -0.2) is 43.2 Å². The van der Waals surface area contributed by atoms with Gasteiger partial charge in [0, 0.05) is 50.2 Å². The van der Waals surface area contributed by atoms with E-state index >= 15 is 0 Å². The summed E-state index contributed by atoms with van der Waals surface area (Å²) in [5, 5.41) is 0. The number of esters is 9. The molecule has 0 N–H and O–H groups in total. The van der Waals surface area contributed by atoms with E-state index in [-0.39, 0.29) is 88.5 Å². The Balaban J connectivity index is -0.000000174. The molecule has 628 valence electrons. The van der Waals surface area contributed by atoms with Gasteiger partial charge in [0.2, 0.25) is 0 Å². The molecule has 0 heterocycles. The summed E-state index contributed by atoms with van der Waals surface area (Å²) in [6, 6.07) is 0. The highest BCUT2D eigenvalue weighted by atomic mass is 16.6. The summed E-state index contributed by atoms with van der Waals surface area (Å²) in [5.41, 5.74) is 4.18. The van der Waals surface area contributed by atoms with Crippen molar-refractivity contribution in [3.05, 3.63) is 109 Å². The number of hydrogen-bond donors (Lipinski definition) is 0. The molecule has 0 aromatic heterocycles. The van der Waals surface area contributed by atoms with E-state index < -0.39 is 0 Å². The maximum absolute atomic E-state index is 11.1. The zero-order valence-electron chi connectivity index (χ0n) is 74.1. The normalized spacial score (nSPS) is 12.3. The predicted molar refractivity (Wildman–Crippen MR) is 447 cm³/mol. The second kappa shape index (κ2) is 70.3. The highest BCUT2D eigenvalue weighted by Crippen LogP contribution is 2.23. The monoisotopic (exact) mass is 1530 g/mol. The minimum atomic E-state index is -0.356. The van der Waals surface area contributed by atoms with Crippen molar-refractivity contribution >= 4 is 53.7 Å². The van der Waals surface area contributed by atoms with Crippen molar-refractivity contribution < 1.29 is 85.8 Å². The first-order valence-corrected chi connectivity index (χ1v) is 39.4. The number of hydrogen-bond acceptors (Lipinski definition) is 18. The van der Waals surface area contributed by atoms with Crippen LogP contribution in [0.25, 0.3) is 0 Å². The van der Waals surface area contributed by atoms with Crippen LogP contribution in [-0.2, 0) is 85.8 Å². The smallest absolute Gasteiger partial charge is 0.333 e. The van der Waals surface area contributed by atoms with Gasteiger partial charge < -0.3 is 42.6 Å². The molecular weight excluding hydrogens is 1370 g/mol. The van der Waals surface area contributed by atoms with Crippen LogP contribution >= 0.6 is 0 Å². The van der Waals surface area contributed by atoms with Crippen LogP contribution in [0.3, 0.4) is 0 Å². The van der Waals surface area contributed by atoms with Gasteiger partial charge >= 0.3 is 53.7 Å². The number of carbonyl (C=O) groups excluding carboxylic acids is 9. The summed E-state index contributed by atoms with van der Waals surface area (Å²) in [6.45, 7) is 88.3. The van der Waals surface area contributed by atoms with Crippen molar-refractivity contribution in [3.63, 3.8) is 0 Å². The summed E-state index contributed by atoms with van der Waals surface area (Å²) < 4.78 is 45.5. The molecule has 1 saturated carbocycles. The molecule has 0 aromatic carbocycles. The van der Waals surface area contributed by atoms with E-state index in [1.54, 1.807) is 62.3 Å². The molecule has 1 rings (SSSR count). The summed E-state index contributed by atoms with van der Waals surface area (Å²) in [6.07, 6.45) is 22.2. The molecule has 0 bridgehead atoms. The predicted octanol–water partition coefficient (Wildman–Crippen LogP) is 23.2. The summed E-state index contributed by atoms with van der Waals surface area (Å²) in [4.78, 5) is 98.9. The Morgan fingerprint density at radius 3 is 1.14 bits per heavy atom. The molecule has 0 radical (unpaired) electrons. The maximum Gasteiger partial charge on any atom is 0.333 e. The van der Waals surface area contributed by atoms with Crippen LogP contribution < -0.4 is 0 Å². The highest BCUT2D eigenvalue weighted by molar-refractivity contribution is 5.90. The van der Waals surface area contributed by atoms with Crippen LogP contribution in [0.2, 0.25) is 0 Å². The van der Waals surface area contributed by atoms with Crippen LogP contribution in [0, 0.1) is 28.6 Å². The number of unbranched alkanes of at least 4 members (excludes halogenated alkanes) is 1. The molecule has 1 aliphatic rings. The Bertz CT molecular complexity index is 2620. The Morgan fingerprint density at radius 1 is 0.380 bits per heavy atom. The van der Waals surface area contributed by atoms with Gasteiger partial charge in [-0.15, -0.1) is 0 Å². The van der Waals surface area contributed by atoms with Gasteiger partial charge in [-0.3, -0.25) is 0 Å². The van der Waals surface area contributed by atoms with Gasteiger partial charge in [0.1, 0.15) is 17.8 Å². The molecule has 108 heavy (non-hydrogen) atoms. The summed E-state index contributed by atoms with van der Waals surface area (Å²) in [7, 11) is 0. The van der Waals surface area contributed by atoms with Crippen molar-refractivity contribution in [2.75, 3.05) is 33.0 Å². The van der Waals surface area contributed by atoms with Crippen LogP contribution in [0.1, 0.15) is 329 Å². The fraction of sp³-hybridized carbons (Fsp3) is 0.700. The lowest BCUT2D eigenvalue weighted by Crippen LogP contribution is -2.27. The molecule has 0 aromatic rings. The van der Waals surface area contributed by atoms with Gasteiger partial charge in [0.15, 0.2) is 0 Å². The average Bonchev–Trinajstić information content (AvgIpc) is 0.827. The van der Waals surface area contributed by atoms with Gasteiger partial charge in [0.25, 0.3) is 0 Å². The summed E-state index contributed by atoms with van der Waals surface area (Å²) >= 11 is 0. The molecule has 1 fully saturated rings. The highest BCUT2D eigenvalue weighted by Gasteiger charge is 2.23. The number of ether oxygens (including phenoxy) is 9. The van der Waals surface area contributed by atoms with Gasteiger partial charge in [-0.1, -0.05) is 228 Å². The fourth-order valence-corrected chi connectivity index (χ4v) is 7.68. The molecular formula is C90H160O18. The van der Waals surface area contributed by atoms with Crippen molar-refractivity contribution in [1.29, 1.82) is 0 Å². The third kappa shape index (κ3) is 81.4. The van der Waals surface area contributed by atoms with Crippen molar-refractivity contribution in [2.45, 2.75) is 353 Å². The SMILES string of the molecule is C=C(C)C(=O)OC(C)(C)CCC.C=C(C)C(=O)OC(C)CCCC.C=C(C)C(=O)OC(CC)CCC.C=C(C)C(=O)OC1CCCCC1.C=C(C)C(=O)OCC(C)(C)CC.C=C(C)C(=O)OCC(C)CCC.C=C(C)C(=O)OCC(CC)CC.C=C(C)C(=O)OCCC(C)(C)C.C=C(C)C(=O)OCCC(C)CC. The minimum Gasteiger partial charge on any atom is -0.462 e. The molecule has 0 spiro atoms. The zero-order valence-corrected chi connectivity index (χ0v) is 74.1. The average molecular weight is 1530 g/mol. The lowest BCUT2D eigenvalue weighted by molar-refractivity contribution is -0.152. The Morgan fingerprint density at radius 2 is 0.778 bits per heavy atom. The van der Waals surface area contributed by atoms with E-state index in [1.807, 2.05) is 27.7 Å². The first-order valence-electron chi connectivity index (χ1n) is 39.4. The second-order valence-corrected chi connectivity index (χ2v) is 30.9. The maximum atomic E-state index is 11.1. The number of carbonyl (C=O) groups is 9. The van der Waals surface area contributed by atoms with Gasteiger partial charge in [-0.2, -0.15) is 0 Å². The van der Waals surface area contributed by atoms with Crippen LogP contribution in [0.15, 0.2) is 109 Å². The molecule has 4 unspecified atom stereocenters.